The molecule has 1 aromatic rings. The second kappa shape index (κ2) is 7.59. The fraction of sp³-hybridized carbons (Fsp3) is 0.688. The van der Waals surface area contributed by atoms with Gasteiger partial charge >= 0.3 is 6.09 Å². The summed E-state index contributed by atoms with van der Waals surface area (Å²) in [5.41, 5.74) is 0.340. The van der Waals surface area contributed by atoms with E-state index in [0.29, 0.717) is 18.3 Å². The summed E-state index contributed by atoms with van der Waals surface area (Å²) in [5.74, 6) is 0.965. The van der Waals surface area contributed by atoms with Gasteiger partial charge in [0.05, 0.1) is 7.11 Å². The van der Waals surface area contributed by atoms with Gasteiger partial charge in [-0.1, -0.05) is 0 Å². The molecule has 7 nitrogen and oxygen atoms in total. The van der Waals surface area contributed by atoms with E-state index < -0.39 is 5.60 Å². The predicted octanol–water partition coefficient (Wildman–Crippen LogP) is 1.83. The number of hydrogen-bond acceptors (Lipinski definition) is 6. The smallest absolute Gasteiger partial charge is 0.410 e. The van der Waals surface area contributed by atoms with E-state index >= 15 is 0 Å². The highest BCUT2D eigenvalue weighted by atomic mass is 16.6. The van der Waals surface area contributed by atoms with Crippen LogP contribution in [0, 0.1) is 5.92 Å². The van der Waals surface area contributed by atoms with E-state index in [1.807, 2.05) is 20.8 Å². The maximum Gasteiger partial charge on any atom is 0.410 e. The van der Waals surface area contributed by atoms with Crippen LogP contribution in [0.3, 0.4) is 0 Å². The van der Waals surface area contributed by atoms with E-state index in [0.717, 1.165) is 31.7 Å². The number of nitrogens with one attached hydrogen (secondary N) is 1. The van der Waals surface area contributed by atoms with Crippen molar-refractivity contribution in [2.24, 2.45) is 5.92 Å². The molecule has 0 bridgehead atoms. The molecule has 0 saturated carbocycles. The minimum absolute atomic E-state index is 0.226. The molecule has 1 aromatic heterocycles. The monoisotopic (exact) mass is 322 g/mol. The fourth-order valence-electron chi connectivity index (χ4n) is 2.53. The first-order valence-corrected chi connectivity index (χ1v) is 7.91. The average molecular weight is 322 g/mol. The van der Waals surface area contributed by atoms with Gasteiger partial charge in [0.2, 0.25) is 5.88 Å². The van der Waals surface area contributed by atoms with Crippen molar-refractivity contribution in [2.75, 3.05) is 26.7 Å². The van der Waals surface area contributed by atoms with Crippen LogP contribution in [0.1, 0.15) is 32.9 Å². The molecule has 0 spiro atoms. The molecule has 0 radical (unpaired) electrons. The summed E-state index contributed by atoms with van der Waals surface area (Å²) in [6.45, 7) is 8.53. The third-order valence-corrected chi connectivity index (χ3v) is 3.59. The van der Waals surface area contributed by atoms with Crippen LogP contribution < -0.4 is 10.1 Å². The SMILES string of the molecule is COc1nccnc1CNC[C@H]1CCN(C(=O)OC(C)(C)C)C1. The Morgan fingerprint density at radius 2 is 2.13 bits per heavy atom. The van der Waals surface area contributed by atoms with Crippen molar-refractivity contribution in [3.63, 3.8) is 0 Å². The highest BCUT2D eigenvalue weighted by Gasteiger charge is 2.29. The van der Waals surface area contributed by atoms with Gasteiger partial charge in [-0.25, -0.2) is 9.78 Å². The van der Waals surface area contributed by atoms with Gasteiger partial charge in [-0.15, -0.1) is 0 Å². The third kappa shape index (κ3) is 5.35. The number of methoxy groups -OCH3 is 1. The molecule has 0 aromatic carbocycles. The molecule has 1 saturated heterocycles. The van der Waals surface area contributed by atoms with Crippen molar-refractivity contribution in [2.45, 2.75) is 39.3 Å². The molecule has 0 unspecified atom stereocenters. The van der Waals surface area contributed by atoms with Gasteiger partial charge in [0.1, 0.15) is 11.3 Å². The molecule has 1 atom stereocenters. The molecule has 2 heterocycles. The minimum atomic E-state index is -0.448. The molecule has 1 amide bonds. The zero-order valence-corrected chi connectivity index (χ0v) is 14.3. The number of hydrogen-bond donors (Lipinski definition) is 1. The van der Waals surface area contributed by atoms with Gasteiger partial charge in [0.15, 0.2) is 0 Å². The summed E-state index contributed by atoms with van der Waals surface area (Å²) in [7, 11) is 1.59. The molecule has 128 valence electrons. The Bertz CT molecular complexity index is 530. The van der Waals surface area contributed by atoms with E-state index in [9.17, 15) is 4.79 Å². The highest BCUT2D eigenvalue weighted by Crippen LogP contribution is 2.19. The lowest BCUT2D eigenvalue weighted by Gasteiger charge is -2.24. The van der Waals surface area contributed by atoms with Crippen molar-refractivity contribution >= 4 is 6.09 Å². The third-order valence-electron chi connectivity index (χ3n) is 3.59. The first-order valence-electron chi connectivity index (χ1n) is 7.91. The van der Waals surface area contributed by atoms with Gasteiger partial charge in [0.25, 0.3) is 0 Å². The number of amides is 1. The summed E-state index contributed by atoms with van der Waals surface area (Å²) in [4.78, 5) is 22.2. The minimum Gasteiger partial charge on any atom is -0.480 e. The zero-order valence-electron chi connectivity index (χ0n) is 14.3. The van der Waals surface area contributed by atoms with Crippen LogP contribution >= 0.6 is 0 Å². The Balaban J connectivity index is 1.75. The fourth-order valence-corrected chi connectivity index (χ4v) is 2.53. The second-order valence-corrected chi connectivity index (χ2v) is 6.72. The molecule has 1 N–H and O–H groups in total. The van der Waals surface area contributed by atoms with Crippen LogP contribution in [0.25, 0.3) is 0 Å². The molecule has 1 aliphatic rings. The lowest BCUT2D eigenvalue weighted by molar-refractivity contribution is 0.0288. The summed E-state index contributed by atoms with van der Waals surface area (Å²) >= 11 is 0. The first kappa shape index (κ1) is 17.5. The number of carbonyl (C=O) groups excluding carboxylic acids is 1. The predicted molar refractivity (Wildman–Crippen MR) is 86.2 cm³/mol. The van der Waals surface area contributed by atoms with Crippen LogP contribution in [0.2, 0.25) is 0 Å². The zero-order chi connectivity index (χ0) is 16.9. The van der Waals surface area contributed by atoms with E-state index in [1.165, 1.54) is 0 Å². The van der Waals surface area contributed by atoms with Gasteiger partial charge in [0, 0.05) is 38.6 Å². The number of ether oxygens (including phenoxy) is 2. The van der Waals surface area contributed by atoms with E-state index in [1.54, 1.807) is 24.4 Å². The number of carbonyl (C=O) groups is 1. The molecule has 1 aliphatic heterocycles. The Labute approximate surface area is 137 Å². The van der Waals surface area contributed by atoms with Crippen LogP contribution in [0.4, 0.5) is 4.79 Å². The molecular formula is C16H26N4O3. The normalized spacial score (nSPS) is 18.1. The van der Waals surface area contributed by atoms with Gasteiger partial charge < -0.3 is 19.7 Å². The Morgan fingerprint density at radius 1 is 1.39 bits per heavy atom. The first-order chi connectivity index (χ1) is 10.9. The summed E-state index contributed by atoms with van der Waals surface area (Å²) < 4.78 is 10.6. The Kier molecular flexibility index (Phi) is 5.76. The van der Waals surface area contributed by atoms with Crippen molar-refractivity contribution in [3.8, 4) is 5.88 Å². The second-order valence-electron chi connectivity index (χ2n) is 6.72. The average Bonchev–Trinajstić information content (AvgIpc) is 2.95. The van der Waals surface area contributed by atoms with Crippen molar-refractivity contribution in [3.05, 3.63) is 18.1 Å². The lowest BCUT2D eigenvalue weighted by atomic mass is 10.1. The molecule has 7 heteroatoms. The number of nitrogens with zero attached hydrogens (tertiary/aromatic N) is 3. The molecular weight excluding hydrogens is 296 g/mol. The standard InChI is InChI=1S/C16H26N4O3/c1-16(2,3)23-15(21)20-8-5-12(11-20)9-17-10-13-14(22-4)19-7-6-18-13/h6-7,12,17H,5,8-11H2,1-4H3/t12-/m1/s1. The van der Waals surface area contributed by atoms with E-state index in [4.69, 9.17) is 9.47 Å². The maximum atomic E-state index is 12.0. The largest absolute Gasteiger partial charge is 0.480 e. The lowest BCUT2D eigenvalue weighted by Crippen LogP contribution is -2.36. The molecule has 0 aliphatic carbocycles. The van der Waals surface area contributed by atoms with E-state index in [2.05, 4.69) is 15.3 Å². The topological polar surface area (TPSA) is 76.6 Å². The number of rotatable bonds is 5. The van der Waals surface area contributed by atoms with Crippen LogP contribution in [-0.2, 0) is 11.3 Å². The molecule has 2 rings (SSSR count). The quantitative estimate of drug-likeness (QED) is 0.891. The van der Waals surface area contributed by atoms with E-state index in [-0.39, 0.29) is 6.09 Å². The van der Waals surface area contributed by atoms with Gasteiger partial charge in [-0.3, -0.25) is 4.98 Å². The number of aromatic nitrogens is 2. The summed E-state index contributed by atoms with van der Waals surface area (Å²) in [6, 6.07) is 0. The Hall–Kier alpha value is -1.89. The Morgan fingerprint density at radius 3 is 2.83 bits per heavy atom. The van der Waals surface area contributed by atoms with Crippen molar-refractivity contribution in [1.82, 2.24) is 20.2 Å². The van der Waals surface area contributed by atoms with Crippen molar-refractivity contribution in [1.29, 1.82) is 0 Å². The molecule has 1 fully saturated rings. The van der Waals surface area contributed by atoms with Gasteiger partial charge in [-0.05, 0) is 33.1 Å². The van der Waals surface area contributed by atoms with Crippen molar-refractivity contribution < 1.29 is 14.3 Å². The van der Waals surface area contributed by atoms with Gasteiger partial charge in [-0.2, -0.15) is 0 Å². The van der Waals surface area contributed by atoms with Crippen LogP contribution in [0.5, 0.6) is 5.88 Å². The van der Waals surface area contributed by atoms with Crippen LogP contribution in [-0.4, -0.2) is 53.3 Å². The highest BCUT2D eigenvalue weighted by molar-refractivity contribution is 5.68. The summed E-state index contributed by atoms with van der Waals surface area (Å²) in [6.07, 6.45) is 4.01. The molecule has 23 heavy (non-hydrogen) atoms. The van der Waals surface area contributed by atoms with Crippen LogP contribution in [0.15, 0.2) is 12.4 Å². The summed E-state index contributed by atoms with van der Waals surface area (Å²) in [5, 5.41) is 3.36. The number of likely N-dealkylation sites (tertiary alicyclic amines) is 1. The maximum absolute atomic E-state index is 12.0.